The third-order valence-corrected chi connectivity index (χ3v) is 4.46. The fourth-order valence-corrected chi connectivity index (χ4v) is 2.89. The van der Waals surface area contributed by atoms with Crippen LogP contribution in [0.15, 0.2) is 54.6 Å². The van der Waals surface area contributed by atoms with E-state index >= 15 is 0 Å². The van der Waals surface area contributed by atoms with Crippen molar-refractivity contribution in [2.75, 3.05) is 39.8 Å². The lowest BCUT2D eigenvalue weighted by Crippen LogP contribution is -2.45. The van der Waals surface area contributed by atoms with Crippen molar-refractivity contribution in [3.8, 4) is 5.75 Å². The van der Waals surface area contributed by atoms with Crippen molar-refractivity contribution in [2.45, 2.75) is 13.0 Å². The Kier molecular flexibility index (Phi) is 5.67. The molecule has 1 aliphatic heterocycles. The van der Waals surface area contributed by atoms with Gasteiger partial charge in [-0.1, -0.05) is 42.5 Å². The zero-order chi connectivity index (χ0) is 15.9. The van der Waals surface area contributed by atoms with Gasteiger partial charge in [0.15, 0.2) is 0 Å². The molecule has 122 valence electrons. The summed E-state index contributed by atoms with van der Waals surface area (Å²) in [6.45, 7) is 6.49. The molecule has 0 unspecified atom stereocenters. The van der Waals surface area contributed by atoms with Crippen LogP contribution < -0.4 is 4.74 Å². The zero-order valence-electron chi connectivity index (χ0n) is 13.9. The lowest BCUT2D eigenvalue weighted by Gasteiger charge is -2.32. The van der Waals surface area contributed by atoms with E-state index < -0.39 is 0 Å². The molecular weight excluding hydrogens is 284 g/mol. The minimum absolute atomic E-state index is 0.628. The highest BCUT2D eigenvalue weighted by Crippen LogP contribution is 2.16. The van der Waals surface area contributed by atoms with Gasteiger partial charge in [0.1, 0.15) is 12.4 Å². The van der Waals surface area contributed by atoms with Crippen LogP contribution in [0.25, 0.3) is 0 Å². The Labute approximate surface area is 139 Å². The van der Waals surface area contributed by atoms with Crippen molar-refractivity contribution in [1.29, 1.82) is 0 Å². The Morgan fingerprint density at radius 1 is 0.870 bits per heavy atom. The first-order chi connectivity index (χ1) is 11.3. The largest absolute Gasteiger partial charge is 0.489 e. The first kappa shape index (κ1) is 16.0. The van der Waals surface area contributed by atoms with E-state index in [9.17, 15) is 0 Å². The third-order valence-electron chi connectivity index (χ3n) is 4.46. The van der Waals surface area contributed by atoms with Crippen LogP contribution in [0, 0.1) is 0 Å². The van der Waals surface area contributed by atoms with E-state index in [-0.39, 0.29) is 0 Å². The van der Waals surface area contributed by atoms with Gasteiger partial charge in [0.2, 0.25) is 0 Å². The molecule has 1 saturated heterocycles. The van der Waals surface area contributed by atoms with Gasteiger partial charge < -0.3 is 14.5 Å². The molecular formula is C20H26N2O. The SMILES string of the molecule is CN1CCN(CCc2cccc(OCc3ccccc3)c2)CC1. The number of ether oxygens (including phenoxy) is 1. The van der Waals surface area contributed by atoms with E-state index in [0.29, 0.717) is 6.61 Å². The predicted octanol–water partition coefficient (Wildman–Crippen LogP) is 3.06. The number of piperazine rings is 1. The normalized spacial score (nSPS) is 16.4. The second-order valence-electron chi connectivity index (χ2n) is 6.32. The minimum atomic E-state index is 0.628. The fraction of sp³-hybridized carbons (Fsp3) is 0.400. The molecule has 0 aliphatic carbocycles. The molecule has 0 atom stereocenters. The maximum atomic E-state index is 5.92. The summed E-state index contributed by atoms with van der Waals surface area (Å²) in [4.78, 5) is 4.95. The molecule has 0 spiro atoms. The highest BCUT2D eigenvalue weighted by molar-refractivity contribution is 5.29. The first-order valence-electron chi connectivity index (χ1n) is 8.46. The summed E-state index contributed by atoms with van der Waals surface area (Å²) in [5.74, 6) is 0.963. The van der Waals surface area contributed by atoms with Crippen molar-refractivity contribution in [3.05, 3.63) is 65.7 Å². The maximum absolute atomic E-state index is 5.92. The van der Waals surface area contributed by atoms with E-state index in [1.807, 2.05) is 24.3 Å². The van der Waals surface area contributed by atoms with Crippen LogP contribution in [0.2, 0.25) is 0 Å². The van der Waals surface area contributed by atoms with E-state index in [1.165, 1.54) is 37.3 Å². The van der Waals surface area contributed by atoms with E-state index in [2.05, 4.69) is 47.2 Å². The molecule has 1 heterocycles. The van der Waals surface area contributed by atoms with Crippen LogP contribution in [-0.2, 0) is 13.0 Å². The topological polar surface area (TPSA) is 15.7 Å². The quantitative estimate of drug-likeness (QED) is 0.815. The summed E-state index contributed by atoms with van der Waals surface area (Å²) in [7, 11) is 2.20. The van der Waals surface area contributed by atoms with Crippen molar-refractivity contribution in [3.63, 3.8) is 0 Å². The van der Waals surface area contributed by atoms with Crippen molar-refractivity contribution < 1.29 is 4.74 Å². The lowest BCUT2D eigenvalue weighted by atomic mass is 10.1. The molecule has 3 heteroatoms. The number of benzene rings is 2. The molecule has 0 saturated carbocycles. The molecule has 1 fully saturated rings. The van der Waals surface area contributed by atoms with Gasteiger partial charge >= 0.3 is 0 Å². The maximum Gasteiger partial charge on any atom is 0.120 e. The molecule has 0 radical (unpaired) electrons. The average molecular weight is 310 g/mol. The molecule has 2 aromatic rings. The Bertz CT molecular complexity index is 592. The monoisotopic (exact) mass is 310 g/mol. The second-order valence-corrected chi connectivity index (χ2v) is 6.32. The summed E-state index contributed by atoms with van der Waals surface area (Å²) < 4.78 is 5.92. The molecule has 0 bridgehead atoms. The highest BCUT2D eigenvalue weighted by atomic mass is 16.5. The van der Waals surface area contributed by atoms with Crippen LogP contribution in [0.3, 0.4) is 0 Å². The summed E-state index contributed by atoms with van der Waals surface area (Å²) in [6.07, 6.45) is 1.09. The van der Waals surface area contributed by atoms with E-state index in [4.69, 9.17) is 4.74 Å². The van der Waals surface area contributed by atoms with Gasteiger partial charge in [-0.2, -0.15) is 0 Å². The zero-order valence-corrected chi connectivity index (χ0v) is 13.9. The first-order valence-corrected chi connectivity index (χ1v) is 8.46. The molecule has 3 rings (SSSR count). The Morgan fingerprint density at radius 3 is 2.39 bits per heavy atom. The average Bonchev–Trinajstić information content (AvgIpc) is 2.61. The van der Waals surface area contributed by atoms with Crippen LogP contribution in [0.5, 0.6) is 5.75 Å². The van der Waals surface area contributed by atoms with Gasteiger partial charge in [0, 0.05) is 32.7 Å². The molecule has 1 aliphatic rings. The van der Waals surface area contributed by atoms with Gasteiger partial charge in [-0.15, -0.1) is 0 Å². The molecule has 0 aromatic heterocycles. The van der Waals surface area contributed by atoms with Crippen LogP contribution in [-0.4, -0.2) is 49.6 Å². The number of hydrogen-bond acceptors (Lipinski definition) is 3. The smallest absolute Gasteiger partial charge is 0.120 e. The second kappa shape index (κ2) is 8.14. The Morgan fingerprint density at radius 2 is 1.61 bits per heavy atom. The fourth-order valence-electron chi connectivity index (χ4n) is 2.89. The van der Waals surface area contributed by atoms with E-state index in [1.54, 1.807) is 0 Å². The van der Waals surface area contributed by atoms with Crippen molar-refractivity contribution in [2.24, 2.45) is 0 Å². The molecule has 0 amide bonds. The molecule has 23 heavy (non-hydrogen) atoms. The number of nitrogens with zero attached hydrogens (tertiary/aromatic N) is 2. The molecule has 3 nitrogen and oxygen atoms in total. The highest BCUT2D eigenvalue weighted by Gasteiger charge is 2.13. The van der Waals surface area contributed by atoms with Gasteiger partial charge in [-0.05, 0) is 36.7 Å². The molecule has 0 N–H and O–H groups in total. The lowest BCUT2D eigenvalue weighted by molar-refractivity contribution is 0.155. The Hall–Kier alpha value is -1.84. The number of hydrogen-bond donors (Lipinski definition) is 0. The van der Waals surface area contributed by atoms with Crippen molar-refractivity contribution in [1.82, 2.24) is 9.80 Å². The van der Waals surface area contributed by atoms with Crippen LogP contribution >= 0.6 is 0 Å². The summed E-state index contributed by atoms with van der Waals surface area (Å²) in [5, 5.41) is 0. The number of likely N-dealkylation sites (N-methyl/N-ethyl adjacent to an activating group) is 1. The third kappa shape index (κ3) is 5.08. The van der Waals surface area contributed by atoms with E-state index in [0.717, 1.165) is 18.7 Å². The van der Waals surface area contributed by atoms with Crippen molar-refractivity contribution >= 4 is 0 Å². The van der Waals surface area contributed by atoms with Crippen LogP contribution in [0.4, 0.5) is 0 Å². The standard InChI is InChI=1S/C20H26N2O/c1-21-12-14-22(15-13-21)11-10-18-8-5-9-20(16-18)23-17-19-6-3-2-4-7-19/h2-9,16H,10-15,17H2,1H3. The van der Waals surface area contributed by atoms with Gasteiger partial charge in [0.05, 0.1) is 0 Å². The predicted molar refractivity (Wildman–Crippen MR) is 94.9 cm³/mol. The van der Waals surface area contributed by atoms with Gasteiger partial charge in [-0.3, -0.25) is 0 Å². The summed E-state index contributed by atoms with van der Waals surface area (Å²) >= 11 is 0. The Balaban J connectivity index is 1.49. The number of rotatable bonds is 6. The molecule has 2 aromatic carbocycles. The minimum Gasteiger partial charge on any atom is -0.489 e. The van der Waals surface area contributed by atoms with Gasteiger partial charge in [0.25, 0.3) is 0 Å². The summed E-state index contributed by atoms with van der Waals surface area (Å²) in [6, 6.07) is 18.8. The summed E-state index contributed by atoms with van der Waals surface area (Å²) in [5.41, 5.74) is 2.56. The van der Waals surface area contributed by atoms with Crippen LogP contribution in [0.1, 0.15) is 11.1 Å². The van der Waals surface area contributed by atoms with Gasteiger partial charge in [-0.25, -0.2) is 0 Å².